The van der Waals surface area contributed by atoms with E-state index in [-0.39, 0.29) is 22.7 Å². The molecule has 4 fully saturated rings. The molecule has 4 aliphatic carbocycles. The number of anilines is 2. The summed E-state index contributed by atoms with van der Waals surface area (Å²) in [4.78, 5) is 29.3. The number of carbonyl (C=O) groups excluding carboxylic acids is 1. The van der Waals surface area contributed by atoms with Crippen LogP contribution in [0.4, 0.5) is 11.4 Å². The molecule has 1 amide bonds. The maximum atomic E-state index is 14.0. The van der Waals surface area contributed by atoms with E-state index in [1.54, 1.807) is 6.08 Å². The average Bonchev–Trinajstić information content (AvgIpc) is 2.96. The lowest BCUT2D eigenvalue weighted by molar-refractivity contribution is -0.131. The van der Waals surface area contributed by atoms with Gasteiger partial charge in [0.2, 0.25) is 5.91 Å². The topological polar surface area (TPSA) is 60.9 Å². The van der Waals surface area contributed by atoms with Crippen LogP contribution in [0.5, 0.6) is 0 Å². The number of nitrogens with zero attached hydrogens (tertiary/aromatic N) is 2. The summed E-state index contributed by atoms with van der Waals surface area (Å²) in [5.74, 6) is -0.603. The molecule has 1 N–H and O–H groups in total. The van der Waals surface area contributed by atoms with Crippen molar-refractivity contribution in [3.05, 3.63) is 65.7 Å². The minimum Gasteiger partial charge on any atom is -0.478 e. The first-order valence-electron chi connectivity index (χ1n) is 14.4. The molecular formula is C33H42N2O3. The van der Waals surface area contributed by atoms with Crippen LogP contribution in [0.15, 0.2) is 54.6 Å². The van der Waals surface area contributed by atoms with Gasteiger partial charge in [-0.05, 0) is 104 Å². The highest BCUT2D eigenvalue weighted by atomic mass is 16.4. The minimum atomic E-state index is -0.964. The molecule has 0 radical (unpaired) electrons. The number of rotatable bonds is 8. The molecule has 5 heteroatoms. The van der Waals surface area contributed by atoms with Crippen LogP contribution in [-0.4, -0.2) is 37.6 Å². The van der Waals surface area contributed by atoms with E-state index >= 15 is 0 Å². The number of carboxylic acid groups (broad SMARTS) is 1. The van der Waals surface area contributed by atoms with Crippen LogP contribution in [0.2, 0.25) is 0 Å². The highest BCUT2D eigenvalue weighted by Gasteiger charge is 2.50. The number of fused-ring (bicyclic) bond motifs is 3. The van der Waals surface area contributed by atoms with Gasteiger partial charge < -0.3 is 14.9 Å². The molecule has 0 spiro atoms. The SMILES string of the molecule is CN(C)c1ccc(C23CCC(CN(C(=O)C4CCCCC4)c4cccc(/C=C/C(=O)O)c4)(CC2)CC3)cc1. The van der Waals surface area contributed by atoms with Crippen molar-refractivity contribution < 1.29 is 14.7 Å². The Morgan fingerprint density at radius 3 is 2.16 bits per heavy atom. The van der Waals surface area contributed by atoms with E-state index in [2.05, 4.69) is 48.2 Å². The van der Waals surface area contributed by atoms with Gasteiger partial charge in [0.05, 0.1) is 0 Å². The second-order valence-corrected chi connectivity index (χ2v) is 12.2. The van der Waals surface area contributed by atoms with Gasteiger partial charge in [0.1, 0.15) is 0 Å². The van der Waals surface area contributed by atoms with E-state index < -0.39 is 5.97 Å². The molecule has 0 aromatic heterocycles. The second-order valence-electron chi connectivity index (χ2n) is 12.2. The maximum absolute atomic E-state index is 14.0. The van der Waals surface area contributed by atoms with E-state index in [1.165, 1.54) is 36.9 Å². The highest BCUT2D eigenvalue weighted by Crippen LogP contribution is 2.58. The predicted molar refractivity (Wildman–Crippen MR) is 155 cm³/mol. The monoisotopic (exact) mass is 514 g/mol. The lowest BCUT2D eigenvalue weighted by Gasteiger charge is -2.55. The summed E-state index contributed by atoms with van der Waals surface area (Å²) < 4.78 is 0. The van der Waals surface area contributed by atoms with Gasteiger partial charge in [0.15, 0.2) is 0 Å². The Balaban J connectivity index is 1.37. The summed E-state index contributed by atoms with van der Waals surface area (Å²) in [5.41, 5.74) is 4.86. The van der Waals surface area contributed by atoms with Gasteiger partial charge in [0.25, 0.3) is 0 Å². The lowest BCUT2D eigenvalue weighted by Crippen LogP contribution is -2.51. The van der Waals surface area contributed by atoms with Crippen LogP contribution in [-0.2, 0) is 15.0 Å². The molecule has 0 heterocycles. The number of amides is 1. The van der Waals surface area contributed by atoms with Crippen molar-refractivity contribution in [3.8, 4) is 0 Å². The van der Waals surface area contributed by atoms with E-state index in [0.717, 1.165) is 68.8 Å². The van der Waals surface area contributed by atoms with Gasteiger partial charge >= 0.3 is 5.97 Å². The molecule has 202 valence electrons. The maximum Gasteiger partial charge on any atom is 0.328 e. The van der Waals surface area contributed by atoms with Crippen LogP contribution in [0.25, 0.3) is 6.08 Å². The Kier molecular flexibility index (Phi) is 7.65. The smallest absolute Gasteiger partial charge is 0.328 e. The van der Waals surface area contributed by atoms with E-state index in [1.807, 2.05) is 24.3 Å². The normalized spacial score (nSPS) is 25.4. The molecule has 4 saturated carbocycles. The standard InChI is InChI=1S/C33H42N2O3/c1-34(2)28-14-12-27(13-15-28)33-20-17-32(18-21-33,19-22-33)24-35(31(38)26-8-4-3-5-9-26)29-10-6-7-25(23-29)11-16-30(36)37/h6-7,10-16,23,26H,3-5,8-9,17-22,24H2,1-2H3,(H,36,37)/b16-11+. The summed E-state index contributed by atoms with van der Waals surface area (Å²) in [6.45, 7) is 0.768. The molecule has 6 rings (SSSR count). The lowest BCUT2D eigenvalue weighted by atomic mass is 9.51. The fraction of sp³-hybridized carbons (Fsp3) is 0.515. The Bertz CT molecular complexity index is 1150. The van der Waals surface area contributed by atoms with E-state index in [9.17, 15) is 9.59 Å². The molecule has 0 atom stereocenters. The quantitative estimate of drug-likeness (QED) is 0.383. The third kappa shape index (κ3) is 5.52. The molecule has 0 aliphatic heterocycles. The van der Waals surface area contributed by atoms with Crippen LogP contribution in [0, 0.1) is 11.3 Å². The predicted octanol–water partition coefficient (Wildman–Crippen LogP) is 7.06. The van der Waals surface area contributed by atoms with Gasteiger partial charge in [0, 0.05) is 44.0 Å². The van der Waals surface area contributed by atoms with Gasteiger partial charge in [-0.15, -0.1) is 0 Å². The van der Waals surface area contributed by atoms with Crippen molar-refractivity contribution in [2.45, 2.75) is 76.0 Å². The zero-order valence-electron chi connectivity index (χ0n) is 23.0. The zero-order chi connectivity index (χ0) is 26.8. The van der Waals surface area contributed by atoms with Crippen LogP contribution in [0.1, 0.15) is 81.8 Å². The van der Waals surface area contributed by atoms with Crippen molar-refractivity contribution >= 4 is 29.3 Å². The first-order valence-corrected chi connectivity index (χ1v) is 14.4. The molecule has 2 bridgehead atoms. The largest absolute Gasteiger partial charge is 0.478 e. The second kappa shape index (κ2) is 11.0. The Hall–Kier alpha value is -3.08. The molecule has 2 aromatic rings. The van der Waals surface area contributed by atoms with Gasteiger partial charge in [-0.25, -0.2) is 4.79 Å². The number of benzene rings is 2. The number of hydrogen-bond donors (Lipinski definition) is 1. The van der Waals surface area contributed by atoms with Crippen molar-refractivity contribution in [1.82, 2.24) is 0 Å². The Morgan fingerprint density at radius 1 is 0.895 bits per heavy atom. The molecule has 5 nitrogen and oxygen atoms in total. The minimum absolute atomic E-state index is 0.0971. The number of hydrogen-bond acceptors (Lipinski definition) is 3. The molecule has 4 aliphatic rings. The summed E-state index contributed by atoms with van der Waals surface area (Å²) in [6, 6.07) is 17.0. The molecule has 0 saturated heterocycles. The molecule has 0 unspecified atom stereocenters. The first kappa shape index (κ1) is 26.5. The summed E-state index contributed by atoms with van der Waals surface area (Å²) >= 11 is 0. The van der Waals surface area contributed by atoms with E-state index in [4.69, 9.17) is 5.11 Å². The summed E-state index contributed by atoms with van der Waals surface area (Å²) in [5, 5.41) is 9.09. The Labute approximate surface area is 227 Å². The third-order valence-electron chi connectivity index (χ3n) is 9.71. The van der Waals surface area contributed by atoms with Gasteiger partial charge in [-0.2, -0.15) is 0 Å². The molecule has 2 aromatic carbocycles. The number of aliphatic carboxylic acids is 1. The van der Waals surface area contributed by atoms with E-state index in [0.29, 0.717) is 0 Å². The van der Waals surface area contributed by atoms with Crippen LogP contribution >= 0.6 is 0 Å². The first-order chi connectivity index (χ1) is 18.3. The zero-order valence-corrected chi connectivity index (χ0v) is 23.0. The fourth-order valence-electron chi connectivity index (χ4n) is 7.21. The van der Waals surface area contributed by atoms with Crippen molar-refractivity contribution in [3.63, 3.8) is 0 Å². The molecular weight excluding hydrogens is 472 g/mol. The van der Waals surface area contributed by atoms with Crippen molar-refractivity contribution in [2.75, 3.05) is 30.4 Å². The summed E-state index contributed by atoms with van der Waals surface area (Å²) in [6.07, 6.45) is 15.2. The third-order valence-corrected chi connectivity index (χ3v) is 9.71. The fourth-order valence-corrected chi connectivity index (χ4v) is 7.21. The number of carbonyl (C=O) groups is 2. The van der Waals surface area contributed by atoms with Gasteiger partial charge in [-0.1, -0.05) is 43.5 Å². The van der Waals surface area contributed by atoms with Crippen molar-refractivity contribution in [2.24, 2.45) is 11.3 Å². The highest BCUT2D eigenvalue weighted by molar-refractivity contribution is 5.95. The van der Waals surface area contributed by atoms with Crippen molar-refractivity contribution in [1.29, 1.82) is 0 Å². The average molecular weight is 515 g/mol. The number of carboxylic acids is 1. The van der Waals surface area contributed by atoms with Crippen LogP contribution in [0.3, 0.4) is 0 Å². The summed E-state index contributed by atoms with van der Waals surface area (Å²) in [7, 11) is 4.17. The Morgan fingerprint density at radius 2 is 1.55 bits per heavy atom. The molecule has 38 heavy (non-hydrogen) atoms. The van der Waals surface area contributed by atoms with Gasteiger partial charge in [-0.3, -0.25) is 4.79 Å². The van der Waals surface area contributed by atoms with Crippen LogP contribution < -0.4 is 9.80 Å².